The van der Waals surface area contributed by atoms with Gasteiger partial charge in [0.15, 0.2) is 0 Å². The average Bonchev–Trinajstić information content (AvgIpc) is 2.85. The van der Waals surface area contributed by atoms with Crippen molar-refractivity contribution >= 4 is 5.65 Å². The average molecular weight is 272 g/mol. The largest absolute Gasteiger partial charge is 0.300 e. The van der Waals surface area contributed by atoms with Gasteiger partial charge in [0, 0.05) is 24.0 Å². The first-order chi connectivity index (χ1) is 9.58. The number of fused-ring (bicyclic) bond motifs is 1. The highest BCUT2D eigenvalue weighted by molar-refractivity contribution is 5.40. The van der Waals surface area contributed by atoms with Crippen LogP contribution in [0.25, 0.3) is 11.3 Å². The Bertz CT molecular complexity index is 817. The molecular weight excluding hydrogens is 259 g/mol. The summed E-state index contributed by atoms with van der Waals surface area (Å²) in [6.45, 7) is 3.98. The summed E-state index contributed by atoms with van der Waals surface area (Å²) in [5.41, 5.74) is 0.576. The summed E-state index contributed by atoms with van der Waals surface area (Å²) in [4.78, 5) is 12.4. The lowest BCUT2D eigenvalue weighted by Gasteiger charge is -2.07. The Morgan fingerprint density at radius 3 is 2.45 bits per heavy atom. The van der Waals surface area contributed by atoms with E-state index >= 15 is 0 Å². The molecule has 2 heterocycles. The Hall–Kier alpha value is -2.50. The normalized spacial score (nSPS) is 11.4. The number of aromatic nitrogens is 4. The lowest BCUT2D eigenvalue weighted by atomic mass is 10.2. The Morgan fingerprint density at radius 1 is 1.10 bits per heavy atom. The summed E-state index contributed by atoms with van der Waals surface area (Å²) in [5.74, 6) is 0.571. The van der Waals surface area contributed by atoms with Crippen LogP contribution in [0.4, 0.5) is 4.39 Å². The van der Waals surface area contributed by atoms with Gasteiger partial charge in [0.1, 0.15) is 11.6 Å². The zero-order valence-corrected chi connectivity index (χ0v) is 11.1. The van der Waals surface area contributed by atoms with Gasteiger partial charge in [-0.1, -0.05) is 13.8 Å². The van der Waals surface area contributed by atoms with E-state index in [1.54, 1.807) is 28.9 Å². The molecule has 3 aromatic rings. The zero-order chi connectivity index (χ0) is 14.3. The molecule has 0 unspecified atom stereocenters. The molecule has 0 amide bonds. The molecule has 0 radical (unpaired) electrons. The second-order valence-corrected chi connectivity index (χ2v) is 4.86. The third-order valence-electron chi connectivity index (χ3n) is 3.12. The minimum Gasteiger partial charge on any atom is -0.280 e. The molecule has 0 saturated carbocycles. The highest BCUT2D eigenvalue weighted by Crippen LogP contribution is 2.12. The molecule has 0 aliphatic heterocycles. The summed E-state index contributed by atoms with van der Waals surface area (Å²) in [6.07, 6.45) is 3.38. The van der Waals surface area contributed by atoms with E-state index in [1.165, 1.54) is 16.7 Å². The first-order valence-electron chi connectivity index (χ1n) is 6.30. The molecule has 0 aliphatic rings. The van der Waals surface area contributed by atoms with Crippen molar-refractivity contribution in [3.63, 3.8) is 0 Å². The van der Waals surface area contributed by atoms with Gasteiger partial charge >= 0.3 is 5.56 Å². The maximum atomic E-state index is 12.9. The molecule has 0 atom stereocenters. The van der Waals surface area contributed by atoms with Crippen LogP contribution >= 0.6 is 0 Å². The van der Waals surface area contributed by atoms with E-state index in [9.17, 15) is 9.18 Å². The van der Waals surface area contributed by atoms with Crippen LogP contribution < -0.4 is 5.56 Å². The molecule has 5 nitrogen and oxygen atoms in total. The summed E-state index contributed by atoms with van der Waals surface area (Å²) in [6, 6.07) is 5.73. The molecule has 6 heteroatoms. The molecule has 20 heavy (non-hydrogen) atoms. The van der Waals surface area contributed by atoms with Crippen LogP contribution in [-0.2, 0) is 0 Å². The van der Waals surface area contributed by atoms with Crippen molar-refractivity contribution in [2.75, 3.05) is 0 Å². The van der Waals surface area contributed by atoms with Gasteiger partial charge in [-0.15, -0.1) is 10.2 Å². The van der Waals surface area contributed by atoms with Gasteiger partial charge in [-0.3, -0.25) is 13.8 Å². The molecule has 0 fully saturated rings. The molecule has 2 aromatic heterocycles. The van der Waals surface area contributed by atoms with Crippen LogP contribution in [0.2, 0.25) is 0 Å². The molecule has 0 aliphatic carbocycles. The molecule has 0 bridgehead atoms. The van der Waals surface area contributed by atoms with Gasteiger partial charge in [0.25, 0.3) is 0 Å². The van der Waals surface area contributed by atoms with Gasteiger partial charge in [-0.2, -0.15) is 0 Å². The number of nitrogens with zero attached hydrogens (tertiary/aromatic N) is 4. The molecule has 102 valence electrons. The predicted octanol–water partition coefficient (Wildman–Crippen LogP) is 2.14. The van der Waals surface area contributed by atoms with Crippen LogP contribution in [0.3, 0.4) is 0 Å². The minimum absolute atomic E-state index is 0.172. The van der Waals surface area contributed by atoms with Crippen LogP contribution in [0.5, 0.6) is 0 Å². The van der Waals surface area contributed by atoms with Gasteiger partial charge in [0.2, 0.25) is 5.65 Å². The summed E-state index contributed by atoms with van der Waals surface area (Å²) in [7, 11) is 0. The van der Waals surface area contributed by atoms with Crippen molar-refractivity contribution in [1.29, 1.82) is 0 Å². The maximum absolute atomic E-state index is 12.9. The first kappa shape index (κ1) is 12.5. The SMILES string of the molecule is CC(C)c1nnc2c(=O)n(-c3ccc(F)cc3)ccn12. The highest BCUT2D eigenvalue weighted by Gasteiger charge is 2.13. The fourth-order valence-electron chi connectivity index (χ4n) is 2.10. The van der Waals surface area contributed by atoms with Crippen LogP contribution in [0, 0.1) is 5.82 Å². The Morgan fingerprint density at radius 2 is 1.80 bits per heavy atom. The van der Waals surface area contributed by atoms with E-state index in [4.69, 9.17) is 0 Å². The smallest absolute Gasteiger partial charge is 0.280 e. The zero-order valence-electron chi connectivity index (χ0n) is 11.1. The summed E-state index contributed by atoms with van der Waals surface area (Å²) >= 11 is 0. The second kappa shape index (κ2) is 4.56. The number of rotatable bonds is 2. The van der Waals surface area contributed by atoms with Crippen molar-refractivity contribution in [2.24, 2.45) is 0 Å². The monoisotopic (exact) mass is 272 g/mol. The standard InChI is InChI=1S/C14H13FN4O/c1-9(2)12-16-17-13-14(20)18(7-8-19(12)13)11-5-3-10(15)4-6-11/h3-9H,1-2H3. The minimum atomic E-state index is -0.340. The van der Waals surface area contributed by atoms with Crippen LogP contribution in [-0.4, -0.2) is 19.2 Å². The molecule has 3 rings (SSSR count). The number of hydrogen-bond acceptors (Lipinski definition) is 3. The van der Waals surface area contributed by atoms with E-state index in [0.29, 0.717) is 5.69 Å². The molecule has 1 aromatic carbocycles. The van der Waals surface area contributed by atoms with E-state index in [0.717, 1.165) is 5.82 Å². The number of hydrogen-bond donors (Lipinski definition) is 0. The fourth-order valence-corrected chi connectivity index (χ4v) is 2.10. The molecular formula is C14H13FN4O. The van der Waals surface area contributed by atoms with Crippen molar-refractivity contribution in [3.8, 4) is 5.69 Å². The number of benzene rings is 1. The third kappa shape index (κ3) is 1.89. The van der Waals surface area contributed by atoms with E-state index < -0.39 is 0 Å². The molecule has 0 saturated heterocycles. The molecule has 0 N–H and O–H groups in total. The maximum Gasteiger partial charge on any atom is 0.300 e. The van der Waals surface area contributed by atoms with Crippen molar-refractivity contribution < 1.29 is 4.39 Å². The highest BCUT2D eigenvalue weighted by atomic mass is 19.1. The van der Waals surface area contributed by atoms with Crippen molar-refractivity contribution in [2.45, 2.75) is 19.8 Å². The lowest BCUT2D eigenvalue weighted by Crippen LogP contribution is -2.20. The van der Waals surface area contributed by atoms with E-state index in [-0.39, 0.29) is 22.9 Å². The Labute approximate surface area is 114 Å². The topological polar surface area (TPSA) is 52.2 Å². The van der Waals surface area contributed by atoms with Gasteiger partial charge in [-0.05, 0) is 24.3 Å². The lowest BCUT2D eigenvalue weighted by molar-refractivity contribution is 0.627. The van der Waals surface area contributed by atoms with E-state index in [1.807, 2.05) is 13.8 Å². The van der Waals surface area contributed by atoms with Crippen LogP contribution in [0.1, 0.15) is 25.6 Å². The number of halogens is 1. The fraction of sp³-hybridized carbons (Fsp3) is 0.214. The Kier molecular flexibility index (Phi) is 2.85. The predicted molar refractivity (Wildman–Crippen MR) is 72.6 cm³/mol. The third-order valence-corrected chi connectivity index (χ3v) is 3.12. The second-order valence-electron chi connectivity index (χ2n) is 4.86. The van der Waals surface area contributed by atoms with Gasteiger partial charge in [0.05, 0.1) is 0 Å². The van der Waals surface area contributed by atoms with Crippen LogP contribution in [0.15, 0.2) is 41.5 Å². The Balaban J connectivity index is 2.22. The quantitative estimate of drug-likeness (QED) is 0.718. The van der Waals surface area contributed by atoms with E-state index in [2.05, 4.69) is 10.2 Å². The molecule has 0 spiro atoms. The van der Waals surface area contributed by atoms with Gasteiger partial charge < -0.3 is 0 Å². The first-order valence-corrected chi connectivity index (χ1v) is 6.30. The van der Waals surface area contributed by atoms with Gasteiger partial charge in [-0.25, -0.2) is 4.39 Å². The van der Waals surface area contributed by atoms with Crippen molar-refractivity contribution in [3.05, 3.63) is 58.7 Å². The summed E-state index contributed by atoms with van der Waals surface area (Å²) < 4.78 is 16.0. The summed E-state index contributed by atoms with van der Waals surface area (Å²) in [5, 5.41) is 7.99. The van der Waals surface area contributed by atoms with Crippen molar-refractivity contribution in [1.82, 2.24) is 19.2 Å².